The zero-order valence-electron chi connectivity index (χ0n) is 12.1. The van der Waals surface area contributed by atoms with E-state index in [2.05, 4.69) is 0 Å². The third kappa shape index (κ3) is 5.35. The van der Waals surface area contributed by atoms with E-state index in [1.165, 1.54) is 0 Å². The van der Waals surface area contributed by atoms with Gasteiger partial charge in [0.25, 0.3) is 0 Å². The van der Waals surface area contributed by atoms with Gasteiger partial charge in [0.15, 0.2) is 0 Å². The number of carbonyl (C=O) groups excluding carboxylic acids is 2. The van der Waals surface area contributed by atoms with E-state index in [1.54, 1.807) is 0 Å². The molecule has 0 heterocycles. The van der Waals surface area contributed by atoms with Gasteiger partial charge in [-0.3, -0.25) is 4.79 Å². The predicted octanol–water partition coefficient (Wildman–Crippen LogP) is 3.64. The van der Waals surface area contributed by atoms with Crippen LogP contribution in [0.25, 0.3) is 0 Å². The number of hydrogen-bond donors (Lipinski definition) is 0. The molecular weight excluding hydrogens is 260 g/mol. The highest BCUT2D eigenvalue weighted by Gasteiger charge is 2.13. The predicted molar refractivity (Wildman–Crippen MR) is 84.1 cm³/mol. The van der Waals surface area contributed by atoms with E-state index in [9.17, 15) is 9.59 Å². The van der Waals surface area contributed by atoms with Crippen LogP contribution in [0.15, 0.2) is 60.7 Å². The number of carbonyl (C=O) groups is 2. The van der Waals surface area contributed by atoms with E-state index in [-0.39, 0.29) is 11.7 Å². The monoisotopic (exact) mass is 280 g/mol. The second-order valence-corrected chi connectivity index (χ2v) is 5.31. The Morgan fingerprint density at radius 2 is 1.48 bits per heavy atom. The molecular formula is C19H20O2. The molecule has 0 amide bonds. The summed E-state index contributed by atoms with van der Waals surface area (Å²) in [5.74, 6) is -0.0532. The Morgan fingerprint density at radius 1 is 0.905 bits per heavy atom. The lowest BCUT2D eigenvalue weighted by molar-refractivity contribution is -0.122. The van der Waals surface area contributed by atoms with E-state index >= 15 is 0 Å². The molecule has 2 rings (SSSR count). The molecule has 2 aromatic carbocycles. The fourth-order valence-electron chi connectivity index (χ4n) is 2.41. The van der Waals surface area contributed by atoms with Gasteiger partial charge >= 0.3 is 0 Å². The van der Waals surface area contributed by atoms with Crippen molar-refractivity contribution in [1.82, 2.24) is 0 Å². The summed E-state index contributed by atoms with van der Waals surface area (Å²) >= 11 is 0. The van der Waals surface area contributed by atoms with E-state index in [1.807, 2.05) is 60.7 Å². The van der Waals surface area contributed by atoms with Crippen LogP contribution >= 0.6 is 0 Å². The highest BCUT2D eigenvalue weighted by molar-refractivity contribution is 5.81. The minimum absolute atomic E-state index is 0.159. The van der Waals surface area contributed by atoms with E-state index in [0.29, 0.717) is 19.3 Å². The van der Waals surface area contributed by atoms with Crippen molar-refractivity contribution in [3.05, 3.63) is 71.8 Å². The van der Waals surface area contributed by atoms with Crippen LogP contribution in [-0.4, -0.2) is 12.1 Å². The Hall–Kier alpha value is -2.22. The molecule has 0 aliphatic carbocycles. The van der Waals surface area contributed by atoms with Crippen LogP contribution in [-0.2, 0) is 22.4 Å². The van der Waals surface area contributed by atoms with Gasteiger partial charge in [-0.25, -0.2) is 0 Å². The van der Waals surface area contributed by atoms with Crippen molar-refractivity contribution in [2.24, 2.45) is 5.92 Å². The quantitative estimate of drug-likeness (QED) is 0.692. The summed E-state index contributed by atoms with van der Waals surface area (Å²) in [5.41, 5.74) is 2.27. The van der Waals surface area contributed by atoms with Gasteiger partial charge in [-0.15, -0.1) is 0 Å². The zero-order chi connectivity index (χ0) is 14.9. The molecule has 0 aliphatic rings. The number of hydrogen-bond acceptors (Lipinski definition) is 2. The minimum Gasteiger partial charge on any atom is -0.303 e. The number of benzene rings is 2. The summed E-state index contributed by atoms with van der Waals surface area (Å²) in [4.78, 5) is 23.2. The Labute approximate surface area is 125 Å². The molecule has 21 heavy (non-hydrogen) atoms. The van der Waals surface area contributed by atoms with Crippen LogP contribution in [0.3, 0.4) is 0 Å². The van der Waals surface area contributed by atoms with Gasteiger partial charge in [0.05, 0.1) is 0 Å². The lowest BCUT2D eigenvalue weighted by Crippen LogP contribution is -2.13. The van der Waals surface area contributed by atoms with Crippen LogP contribution in [0.4, 0.5) is 0 Å². The highest BCUT2D eigenvalue weighted by atomic mass is 16.1. The van der Waals surface area contributed by atoms with Gasteiger partial charge < -0.3 is 4.79 Å². The van der Waals surface area contributed by atoms with Crippen molar-refractivity contribution in [3.8, 4) is 0 Å². The van der Waals surface area contributed by atoms with Gasteiger partial charge in [0.1, 0.15) is 12.1 Å². The Balaban J connectivity index is 1.81. The van der Waals surface area contributed by atoms with Gasteiger partial charge in [0, 0.05) is 18.8 Å². The maximum Gasteiger partial charge on any atom is 0.133 e. The van der Waals surface area contributed by atoms with Crippen molar-refractivity contribution in [3.63, 3.8) is 0 Å². The molecule has 0 spiro atoms. The van der Waals surface area contributed by atoms with Crippen molar-refractivity contribution >= 4 is 12.1 Å². The SMILES string of the molecule is O=CC(CC(=O)CCc1ccccc1)Cc1ccccc1. The number of ketones is 1. The van der Waals surface area contributed by atoms with Gasteiger partial charge in [-0.05, 0) is 24.0 Å². The molecule has 0 saturated heterocycles. The van der Waals surface area contributed by atoms with Gasteiger partial charge in [-0.1, -0.05) is 60.7 Å². The molecule has 0 aliphatic heterocycles. The molecule has 0 aromatic heterocycles. The maximum absolute atomic E-state index is 12.0. The van der Waals surface area contributed by atoms with Crippen molar-refractivity contribution in [2.75, 3.05) is 0 Å². The Kier molecular flexibility index (Phi) is 5.89. The van der Waals surface area contributed by atoms with Crippen LogP contribution in [0.1, 0.15) is 24.0 Å². The lowest BCUT2D eigenvalue weighted by atomic mass is 9.93. The largest absolute Gasteiger partial charge is 0.303 e. The number of rotatable bonds is 8. The van der Waals surface area contributed by atoms with Gasteiger partial charge in [-0.2, -0.15) is 0 Å². The normalized spacial score (nSPS) is 11.8. The molecule has 1 unspecified atom stereocenters. The molecule has 0 bridgehead atoms. The summed E-state index contributed by atoms with van der Waals surface area (Å²) in [6, 6.07) is 19.8. The fourth-order valence-corrected chi connectivity index (χ4v) is 2.41. The molecule has 0 radical (unpaired) electrons. The molecule has 1 atom stereocenters. The molecule has 2 aromatic rings. The number of Topliss-reactive ketones (excluding diaryl/α,β-unsaturated/α-hetero) is 1. The van der Waals surface area contributed by atoms with Gasteiger partial charge in [0.2, 0.25) is 0 Å². The molecule has 0 N–H and O–H groups in total. The van der Waals surface area contributed by atoms with Crippen molar-refractivity contribution < 1.29 is 9.59 Å². The van der Waals surface area contributed by atoms with Crippen LogP contribution in [0.2, 0.25) is 0 Å². The van der Waals surface area contributed by atoms with Crippen LogP contribution in [0.5, 0.6) is 0 Å². The minimum atomic E-state index is -0.212. The van der Waals surface area contributed by atoms with E-state index in [4.69, 9.17) is 0 Å². The first kappa shape index (κ1) is 15.2. The summed E-state index contributed by atoms with van der Waals surface area (Å²) in [6.07, 6.45) is 3.14. The second kappa shape index (κ2) is 8.15. The van der Waals surface area contributed by atoms with Crippen LogP contribution in [0, 0.1) is 5.92 Å². The molecule has 0 saturated carbocycles. The summed E-state index contributed by atoms with van der Waals surface area (Å²) < 4.78 is 0. The Bertz CT molecular complexity index is 561. The fraction of sp³-hybridized carbons (Fsp3) is 0.263. The molecule has 0 fully saturated rings. The first-order valence-corrected chi connectivity index (χ1v) is 7.33. The van der Waals surface area contributed by atoms with E-state index in [0.717, 1.165) is 23.8 Å². The third-order valence-corrected chi connectivity index (χ3v) is 3.56. The highest BCUT2D eigenvalue weighted by Crippen LogP contribution is 2.13. The Morgan fingerprint density at radius 3 is 2.05 bits per heavy atom. The maximum atomic E-state index is 12.0. The van der Waals surface area contributed by atoms with Crippen molar-refractivity contribution in [2.45, 2.75) is 25.7 Å². The second-order valence-electron chi connectivity index (χ2n) is 5.31. The average Bonchev–Trinajstić information content (AvgIpc) is 2.54. The smallest absolute Gasteiger partial charge is 0.133 e. The zero-order valence-corrected chi connectivity index (χ0v) is 12.1. The third-order valence-electron chi connectivity index (χ3n) is 3.56. The first-order valence-electron chi connectivity index (χ1n) is 7.33. The van der Waals surface area contributed by atoms with Crippen molar-refractivity contribution in [1.29, 1.82) is 0 Å². The van der Waals surface area contributed by atoms with Crippen LogP contribution < -0.4 is 0 Å². The molecule has 2 heteroatoms. The lowest BCUT2D eigenvalue weighted by Gasteiger charge is -2.09. The number of aldehydes is 1. The first-order chi connectivity index (χ1) is 10.3. The average molecular weight is 280 g/mol. The topological polar surface area (TPSA) is 34.1 Å². The number of aryl methyl sites for hydroxylation is 1. The molecule has 108 valence electrons. The standard InChI is InChI=1S/C19H20O2/c20-15-18(13-17-9-5-2-6-10-17)14-19(21)12-11-16-7-3-1-4-8-16/h1-10,15,18H,11-14H2. The molecule has 2 nitrogen and oxygen atoms in total. The summed E-state index contributed by atoms with van der Waals surface area (Å²) in [6.45, 7) is 0. The summed E-state index contributed by atoms with van der Waals surface area (Å²) in [7, 11) is 0. The van der Waals surface area contributed by atoms with E-state index < -0.39 is 0 Å². The summed E-state index contributed by atoms with van der Waals surface area (Å²) in [5, 5.41) is 0.